The molecule has 1 fully saturated rings. The van der Waals surface area contributed by atoms with Gasteiger partial charge in [-0.2, -0.15) is 0 Å². The van der Waals surface area contributed by atoms with Gasteiger partial charge in [-0.1, -0.05) is 18.2 Å². The maximum Gasteiger partial charge on any atom is 0.261 e. The van der Waals surface area contributed by atoms with E-state index in [1.807, 2.05) is 18.2 Å². The van der Waals surface area contributed by atoms with Crippen LogP contribution in [-0.4, -0.2) is 43.3 Å². The minimum Gasteiger partial charge on any atom is -0.349 e. The number of piperidine rings is 1. The topological polar surface area (TPSA) is 91.4 Å². The standard InChI is InChI=1S/C24H25FN4O3S/c25-18-8-10-21(11-9-18)33(31,32)28-23-7-2-1-6-22(23)24(30)27-19-12-15-29(16-13-19)17-20-5-3-4-14-26-20/h1-11,14,19,28H,12-13,15-17H2,(H,27,30). The van der Waals surface area contributed by atoms with Gasteiger partial charge < -0.3 is 5.32 Å². The van der Waals surface area contributed by atoms with Gasteiger partial charge in [-0.15, -0.1) is 0 Å². The molecule has 33 heavy (non-hydrogen) atoms. The second-order valence-electron chi connectivity index (χ2n) is 7.95. The zero-order chi connectivity index (χ0) is 23.3. The van der Waals surface area contributed by atoms with E-state index in [1.165, 1.54) is 18.2 Å². The summed E-state index contributed by atoms with van der Waals surface area (Å²) in [6.07, 6.45) is 3.37. The Labute approximate surface area is 192 Å². The lowest BCUT2D eigenvalue weighted by Gasteiger charge is -2.32. The van der Waals surface area contributed by atoms with Gasteiger partial charge in [-0.05, 0) is 61.4 Å². The van der Waals surface area contributed by atoms with E-state index in [0.717, 1.165) is 50.3 Å². The van der Waals surface area contributed by atoms with Crippen molar-refractivity contribution < 1.29 is 17.6 Å². The lowest BCUT2D eigenvalue weighted by atomic mass is 10.0. The minimum absolute atomic E-state index is 0.000700. The second-order valence-corrected chi connectivity index (χ2v) is 9.63. The normalized spacial score (nSPS) is 15.2. The number of pyridine rings is 1. The molecule has 0 unspecified atom stereocenters. The Balaban J connectivity index is 1.38. The number of rotatable bonds is 7. The molecule has 172 valence electrons. The molecule has 0 aliphatic carbocycles. The number of benzene rings is 2. The molecular weight excluding hydrogens is 443 g/mol. The molecule has 4 rings (SSSR count). The largest absolute Gasteiger partial charge is 0.349 e. The Bertz CT molecular complexity index is 1200. The molecule has 2 heterocycles. The van der Waals surface area contributed by atoms with Crippen LogP contribution in [0.2, 0.25) is 0 Å². The summed E-state index contributed by atoms with van der Waals surface area (Å²) in [5.41, 5.74) is 1.42. The summed E-state index contributed by atoms with van der Waals surface area (Å²) in [6, 6.07) is 16.8. The average Bonchev–Trinajstić information content (AvgIpc) is 2.81. The number of likely N-dealkylation sites (tertiary alicyclic amines) is 1. The van der Waals surface area contributed by atoms with Gasteiger partial charge in [0, 0.05) is 31.9 Å². The molecule has 1 aromatic heterocycles. The molecule has 7 nitrogen and oxygen atoms in total. The lowest BCUT2D eigenvalue weighted by Crippen LogP contribution is -2.44. The van der Waals surface area contributed by atoms with Gasteiger partial charge in [0.1, 0.15) is 5.82 Å². The number of para-hydroxylation sites is 1. The van der Waals surface area contributed by atoms with Crippen LogP contribution in [0.5, 0.6) is 0 Å². The molecule has 1 aliphatic heterocycles. The average molecular weight is 469 g/mol. The fourth-order valence-corrected chi connectivity index (χ4v) is 4.89. The van der Waals surface area contributed by atoms with E-state index >= 15 is 0 Å². The third-order valence-corrected chi connectivity index (χ3v) is 6.96. The predicted molar refractivity (Wildman–Crippen MR) is 124 cm³/mol. The summed E-state index contributed by atoms with van der Waals surface area (Å²) >= 11 is 0. The van der Waals surface area contributed by atoms with Gasteiger partial charge >= 0.3 is 0 Å². The van der Waals surface area contributed by atoms with Crippen molar-refractivity contribution in [3.63, 3.8) is 0 Å². The molecule has 1 saturated heterocycles. The molecule has 2 N–H and O–H groups in total. The zero-order valence-corrected chi connectivity index (χ0v) is 18.8. The van der Waals surface area contributed by atoms with Crippen molar-refractivity contribution in [3.05, 3.63) is 90.0 Å². The summed E-state index contributed by atoms with van der Waals surface area (Å²) in [4.78, 5) is 19.5. The first-order valence-corrected chi connectivity index (χ1v) is 12.2. The van der Waals surface area contributed by atoms with E-state index in [9.17, 15) is 17.6 Å². The first kappa shape index (κ1) is 22.9. The van der Waals surface area contributed by atoms with Crippen LogP contribution in [0.1, 0.15) is 28.9 Å². The highest BCUT2D eigenvalue weighted by Crippen LogP contribution is 2.21. The molecule has 1 amide bonds. The summed E-state index contributed by atoms with van der Waals surface area (Å²) < 4.78 is 41.0. The highest BCUT2D eigenvalue weighted by molar-refractivity contribution is 7.92. The van der Waals surface area contributed by atoms with Crippen LogP contribution < -0.4 is 10.0 Å². The van der Waals surface area contributed by atoms with Gasteiger partial charge in [0.2, 0.25) is 0 Å². The maximum atomic E-state index is 13.2. The Hall–Kier alpha value is -3.30. The number of halogens is 1. The Morgan fingerprint density at radius 3 is 2.39 bits per heavy atom. The zero-order valence-electron chi connectivity index (χ0n) is 17.9. The number of hydrogen-bond acceptors (Lipinski definition) is 5. The first-order valence-electron chi connectivity index (χ1n) is 10.7. The number of amides is 1. The number of carbonyl (C=O) groups is 1. The molecule has 3 aromatic rings. The fourth-order valence-electron chi connectivity index (χ4n) is 3.81. The number of nitrogens with zero attached hydrogens (tertiary/aromatic N) is 2. The van der Waals surface area contributed by atoms with Crippen molar-refractivity contribution in [2.45, 2.75) is 30.3 Å². The van der Waals surface area contributed by atoms with Crippen LogP contribution in [-0.2, 0) is 16.6 Å². The van der Waals surface area contributed by atoms with Crippen LogP contribution >= 0.6 is 0 Å². The number of sulfonamides is 1. The molecule has 0 spiro atoms. The molecule has 2 aromatic carbocycles. The Morgan fingerprint density at radius 1 is 1.00 bits per heavy atom. The molecule has 0 atom stereocenters. The van der Waals surface area contributed by atoms with E-state index in [4.69, 9.17) is 0 Å². The third-order valence-electron chi connectivity index (χ3n) is 5.57. The number of hydrogen-bond donors (Lipinski definition) is 2. The van der Waals surface area contributed by atoms with Gasteiger partial charge in [0.05, 0.1) is 21.8 Å². The van der Waals surface area contributed by atoms with Crippen LogP contribution in [0.4, 0.5) is 10.1 Å². The summed E-state index contributed by atoms with van der Waals surface area (Å²) in [6.45, 7) is 2.44. The predicted octanol–water partition coefficient (Wildman–Crippen LogP) is 3.42. The van der Waals surface area contributed by atoms with Gasteiger partial charge in [0.25, 0.3) is 15.9 Å². The van der Waals surface area contributed by atoms with E-state index in [-0.39, 0.29) is 28.1 Å². The molecule has 0 saturated carbocycles. The van der Waals surface area contributed by atoms with Crippen molar-refractivity contribution in [2.75, 3.05) is 17.8 Å². The van der Waals surface area contributed by atoms with Crippen LogP contribution in [0, 0.1) is 5.82 Å². The monoisotopic (exact) mass is 468 g/mol. The summed E-state index contributed by atoms with van der Waals surface area (Å²) in [7, 11) is -3.97. The Kier molecular flexibility index (Phi) is 7.00. The smallest absolute Gasteiger partial charge is 0.261 e. The minimum atomic E-state index is -3.97. The molecule has 0 radical (unpaired) electrons. The summed E-state index contributed by atoms with van der Waals surface area (Å²) in [5, 5.41) is 3.03. The highest BCUT2D eigenvalue weighted by Gasteiger charge is 2.24. The van der Waals surface area contributed by atoms with E-state index in [0.29, 0.717) is 0 Å². The maximum absolute atomic E-state index is 13.2. The lowest BCUT2D eigenvalue weighted by molar-refractivity contribution is 0.0909. The second kappa shape index (κ2) is 10.1. The summed E-state index contributed by atoms with van der Waals surface area (Å²) in [5.74, 6) is -0.865. The van der Waals surface area contributed by atoms with Crippen LogP contribution in [0.3, 0.4) is 0 Å². The van der Waals surface area contributed by atoms with Gasteiger partial charge in [-0.3, -0.25) is 19.4 Å². The molecule has 0 bridgehead atoms. The third kappa shape index (κ3) is 5.94. The van der Waals surface area contributed by atoms with Crippen molar-refractivity contribution in [1.82, 2.24) is 15.2 Å². The number of aromatic nitrogens is 1. The van der Waals surface area contributed by atoms with Crippen LogP contribution in [0.25, 0.3) is 0 Å². The first-order chi connectivity index (χ1) is 15.9. The SMILES string of the molecule is O=C(NC1CCN(Cc2ccccn2)CC1)c1ccccc1NS(=O)(=O)c1ccc(F)cc1. The quantitative estimate of drug-likeness (QED) is 0.555. The fraction of sp³-hybridized carbons (Fsp3) is 0.250. The number of nitrogens with one attached hydrogen (secondary N) is 2. The molecule has 9 heteroatoms. The number of anilines is 1. The van der Waals surface area contributed by atoms with Crippen LogP contribution in [0.15, 0.2) is 77.8 Å². The van der Waals surface area contributed by atoms with Gasteiger partial charge in [0.15, 0.2) is 0 Å². The van der Waals surface area contributed by atoms with E-state index in [2.05, 4.69) is 19.9 Å². The number of carbonyl (C=O) groups excluding carboxylic acids is 1. The Morgan fingerprint density at radius 2 is 1.70 bits per heavy atom. The van der Waals surface area contributed by atoms with E-state index in [1.54, 1.807) is 24.4 Å². The van der Waals surface area contributed by atoms with Crippen molar-refractivity contribution in [2.24, 2.45) is 0 Å². The molecule has 1 aliphatic rings. The van der Waals surface area contributed by atoms with Gasteiger partial charge in [-0.25, -0.2) is 12.8 Å². The van der Waals surface area contributed by atoms with E-state index < -0.39 is 15.8 Å². The van der Waals surface area contributed by atoms with Crippen molar-refractivity contribution in [1.29, 1.82) is 0 Å². The van der Waals surface area contributed by atoms with Crippen molar-refractivity contribution in [3.8, 4) is 0 Å². The van der Waals surface area contributed by atoms with Crippen molar-refractivity contribution >= 4 is 21.6 Å². The highest BCUT2D eigenvalue weighted by atomic mass is 32.2. The molecular formula is C24H25FN4O3S.